The Bertz CT molecular complexity index is 436. The maximum atomic E-state index is 11.4. The molecule has 0 bridgehead atoms. The van der Waals surface area contributed by atoms with Crippen molar-refractivity contribution in [1.82, 2.24) is 0 Å². The van der Waals surface area contributed by atoms with E-state index in [4.69, 9.17) is 0 Å². The standard InChI is InChI=1S/C12H12O4S/c1-8-3-5-10(6-4-8)17-12(15)11(14)7-16-9(2)13/h3-6H,7H2,1-2H3. The molecule has 1 rings (SSSR count). The SMILES string of the molecule is CC(=O)OCC(=O)C(=O)Sc1ccc(C)cc1. The molecule has 0 aliphatic carbocycles. The number of aryl methyl sites for hydroxylation is 1. The molecule has 0 spiro atoms. The van der Waals surface area contributed by atoms with Gasteiger partial charge < -0.3 is 4.74 Å². The fraction of sp³-hybridized carbons (Fsp3) is 0.250. The second-order valence-electron chi connectivity index (χ2n) is 3.41. The number of hydrogen-bond acceptors (Lipinski definition) is 5. The fourth-order valence-electron chi connectivity index (χ4n) is 0.996. The van der Waals surface area contributed by atoms with E-state index < -0.39 is 23.5 Å². The molecule has 0 atom stereocenters. The minimum atomic E-state index is -0.717. The van der Waals surface area contributed by atoms with Gasteiger partial charge in [0, 0.05) is 11.8 Å². The first-order valence-corrected chi connectivity index (χ1v) is 5.75. The van der Waals surface area contributed by atoms with E-state index >= 15 is 0 Å². The van der Waals surface area contributed by atoms with Crippen LogP contribution in [0.15, 0.2) is 29.2 Å². The summed E-state index contributed by atoms with van der Waals surface area (Å²) < 4.78 is 4.46. The number of Topliss-reactive ketones (excluding diaryl/α,β-unsaturated/α-hetero) is 1. The molecule has 0 heterocycles. The lowest BCUT2D eigenvalue weighted by Gasteiger charge is -2.01. The van der Waals surface area contributed by atoms with Gasteiger partial charge in [-0.15, -0.1) is 0 Å². The minimum absolute atomic E-state index is 0.493. The molecule has 0 fully saturated rings. The average molecular weight is 252 g/mol. The van der Waals surface area contributed by atoms with Crippen LogP contribution >= 0.6 is 11.8 Å². The Balaban J connectivity index is 2.51. The van der Waals surface area contributed by atoms with E-state index in [0.29, 0.717) is 4.90 Å². The van der Waals surface area contributed by atoms with Crippen LogP contribution in [0.4, 0.5) is 0 Å². The third kappa shape index (κ3) is 4.82. The zero-order valence-electron chi connectivity index (χ0n) is 9.56. The van der Waals surface area contributed by atoms with E-state index in [1.54, 1.807) is 12.1 Å². The van der Waals surface area contributed by atoms with Crippen molar-refractivity contribution in [2.75, 3.05) is 6.61 Å². The number of carbonyl (C=O) groups excluding carboxylic acids is 3. The summed E-state index contributed by atoms with van der Waals surface area (Å²) in [5.41, 5.74) is 1.08. The maximum Gasteiger partial charge on any atom is 0.303 e. The van der Waals surface area contributed by atoms with Crippen LogP contribution < -0.4 is 0 Å². The predicted octanol–water partition coefficient (Wildman–Crippen LogP) is 1.75. The highest BCUT2D eigenvalue weighted by atomic mass is 32.2. The van der Waals surface area contributed by atoms with Crippen LogP contribution in [0.5, 0.6) is 0 Å². The molecule has 0 aliphatic rings. The maximum absolute atomic E-state index is 11.4. The second kappa shape index (κ2) is 6.20. The molecule has 4 nitrogen and oxygen atoms in total. The van der Waals surface area contributed by atoms with Crippen molar-refractivity contribution in [2.24, 2.45) is 0 Å². The lowest BCUT2D eigenvalue weighted by Crippen LogP contribution is -2.18. The zero-order valence-corrected chi connectivity index (χ0v) is 10.4. The van der Waals surface area contributed by atoms with Crippen molar-refractivity contribution in [1.29, 1.82) is 0 Å². The molecule has 5 heteroatoms. The number of ether oxygens (including phenoxy) is 1. The van der Waals surface area contributed by atoms with E-state index in [1.165, 1.54) is 6.92 Å². The van der Waals surface area contributed by atoms with Gasteiger partial charge in [0.05, 0.1) is 0 Å². The Morgan fingerprint density at radius 3 is 2.29 bits per heavy atom. The molecular formula is C12H12O4S. The fourth-order valence-corrected chi connectivity index (χ4v) is 1.66. The summed E-state index contributed by atoms with van der Waals surface area (Å²) in [7, 11) is 0. The molecule has 0 N–H and O–H groups in total. The van der Waals surface area contributed by atoms with Crippen LogP contribution in [0.2, 0.25) is 0 Å². The van der Waals surface area contributed by atoms with Crippen molar-refractivity contribution >= 4 is 28.6 Å². The van der Waals surface area contributed by atoms with Crippen LogP contribution in [-0.2, 0) is 19.1 Å². The van der Waals surface area contributed by atoms with Gasteiger partial charge in [0.25, 0.3) is 5.12 Å². The summed E-state index contributed by atoms with van der Waals surface area (Å²) in [5.74, 6) is -1.29. The van der Waals surface area contributed by atoms with Crippen LogP contribution in [0.1, 0.15) is 12.5 Å². The van der Waals surface area contributed by atoms with Crippen molar-refractivity contribution in [3.63, 3.8) is 0 Å². The molecule has 0 radical (unpaired) electrons. The summed E-state index contributed by atoms with van der Waals surface area (Å²) in [4.78, 5) is 33.9. The summed E-state index contributed by atoms with van der Waals surface area (Å²) >= 11 is 0.832. The van der Waals surface area contributed by atoms with Crippen molar-refractivity contribution < 1.29 is 19.1 Å². The lowest BCUT2D eigenvalue weighted by molar-refractivity contribution is -0.147. The number of hydrogen-bond donors (Lipinski definition) is 0. The van der Waals surface area contributed by atoms with Gasteiger partial charge in [-0.1, -0.05) is 17.7 Å². The highest BCUT2D eigenvalue weighted by molar-refractivity contribution is 8.15. The lowest BCUT2D eigenvalue weighted by atomic mass is 10.2. The van der Waals surface area contributed by atoms with Crippen LogP contribution in [0.25, 0.3) is 0 Å². The van der Waals surface area contributed by atoms with Gasteiger partial charge in [-0.3, -0.25) is 14.4 Å². The molecular weight excluding hydrogens is 240 g/mol. The number of thioether (sulfide) groups is 1. The van der Waals surface area contributed by atoms with Crippen LogP contribution in [0.3, 0.4) is 0 Å². The first-order chi connectivity index (χ1) is 7.99. The first kappa shape index (κ1) is 13.4. The summed E-state index contributed by atoms with van der Waals surface area (Å²) in [6.45, 7) is 2.63. The first-order valence-electron chi connectivity index (χ1n) is 4.94. The Kier molecular flexibility index (Phi) is 4.90. The molecule has 1 aromatic rings. The van der Waals surface area contributed by atoms with Crippen molar-refractivity contribution in [3.8, 4) is 0 Å². The molecule has 0 saturated carbocycles. The number of ketones is 1. The van der Waals surface area contributed by atoms with Crippen molar-refractivity contribution in [3.05, 3.63) is 29.8 Å². The van der Waals surface area contributed by atoms with Gasteiger partial charge in [0.2, 0.25) is 5.78 Å². The molecule has 0 saturated heterocycles. The predicted molar refractivity (Wildman–Crippen MR) is 63.7 cm³/mol. The van der Waals surface area contributed by atoms with Gasteiger partial charge in [0.1, 0.15) is 0 Å². The normalized spacial score (nSPS) is 9.76. The number of benzene rings is 1. The van der Waals surface area contributed by atoms with Gasteiger partial charge in [-0.05, 0) is 30.8 Å². The van der Waals surface area contributed by atoms with Crippen LogP contribution in [0, 0.1) is 6.92 Å². The van der Waals surface area contributed by atoms with Gasteiger partial charge in [0.15, 0.2) is 6.61 Å². The smallest absolute Gasteiger partial charge is 0.303 e. The number of rotatable bonds is 4. The third-order valence-corrected chi connectivity index (χ3v) is 2.79. The van der Waals surface area contributed by atoms with Crippen molar-refractivity contribution in [2.45, 2.75) is 18.7 Å². The Morgan fingerprint density at radius 1 is 1.18 bits per heavy atom. The highest BCUT2D eigenvalue weighted by Crippen LogP contribution is 2.19. The average Bonchev–Trinajstić information content (AvgIpc) is 2.28. The van der Waals surface area contributed by atoms with E-state index in [1.807, 2.05) is 19.1 Å². The molecule has 90 valence electrons. The topological polar surface area (TPSA) is 60.4 Å². The molecule has 0 aliphatic heterocycles. The molecule has 1 aromatic carbocycles. The molecule has 0 unspecified atom stereocenters. The van der Waals surface area contributed by atoms with Gasteiger partial charge >= 0.3 is 5.97 Å². The molecule has 0 amide bonds. The summed E-state index contributed by atoms with van der Waals surface area (Å²) in [6, 6.07) is 7.23. The zero-order chi connectivity index (χ0) is 12.8. The van der Waals surface area contributed by atoms with Gasteiger partial charge in [-0.2, -0.15) is 0 Å². The Hall–Kier alpha value is -1.62. The Labute approximate surface area is 103 Å². The largest absolute Gasteiger partial charge is 0.457 e. The van der Waals surface area contributed by atoms with E-state index in [9.17, 15) is 14.4 Å². The Morgan fingerprint density at radius 2 is 1.76 bits per heavy atom. The van der Waals surface area contributed by atoms with E-state index in [-0.39, 0.29) is 0 Å². The monoisotopic (exact) mass is 252 g/mol. The summed E-state index contributed by atoms with van der Waals surface area (Å²) in [5, 5.41) is -0.630. The second-order valence-corrected chi connectivity index (χ2v) is 4.45. The third-order valence-electron chi connectivity index (χ3n) is 1.87. The van der Waals surface area contributed by atoms with Crippen LogP contribution in [-0.4, -0.2) is 23.5 Å². The summed E-state index contributed by atoms with van der Waals surface area (Å²) in [6.07, 6.45) is 0. The highest BCUT2D eigenvalue weighted by Gasteiger charge is 2.16. The molecule has 17 heavy (non-hydrogen) atoms. The number of esters is 1. The van der Waals surface area contributed by atoms with Gasteiger partial charge in [-0.25, -0.2) is 0 Å². The minimum Gasteiger partial charge on any atom is -0.457 e. The van der Waals surface area contributed by atoms with E-state index in [2.05, 4.69) is 4.74 Å². The number of carbonyl (C=O) groups is 3. The molecule has 0 aromatic heterocycles. The van der Waals surface area contributed by atoms with E-state index in [0.717, 1.165) is 17.3 Å². The quantitative estimate of drug-likeness (QED) is 0.464.